The van der Waals surface area contributed by atoms with Gasteiger partial charge in [-0.15, -0.1) is 6.58 Å². The Balaban J connectivity index is 1.94. The Kier molecular flexibility index (Phi) is 3.32. The molecule has 114 valence electrons. The molecule has 2 aliphatic heterocycles. The van der Waals surface area contributed by atoms with Crippen LogP contribution in [0.3, 0.4) is 0 Å². The zero-order valence-electron chi connectivity index (χ0n) is 11.7. The maximum Gasteiger partial charge on any atom is 0.328 e. The minimum atomic E-state index is -1.40. The number of urea groups is 1. The van der Waals surface area contributed by atoms with Crippen LogP contribution in [0.2, 0.25) is 0 Å². The van der Waals surface area contributed by atoms with Crippen molar-refractivity contribution in [2.24, 2.45) is 5.41 Å². The number of hydrogen-bond acceptors (Lipinski definition) is 5. The first-order chi connectivity index (χ1) is 10.5. The van der Waals surface area contributed by atoms with Crippen molar-refractivity contribution in [1.29, 1.82) is 0 Å². The number of carbonyl (C=O) groups is 3. The van der Waals surface area contributed by atoms with Crippen LogP contribution in [0, 0.1) is 5.41 Å². The zero-order valence-corrected chi connectivity index (χ0v) is 11.7. The fraction of sp³-hybridized carbons (Fsp3) is 0.267. The summed E-state index contributed by atoms with van der Waals surface area (Å²) in [4.78, 5) is 35.8. The van der Waals surface area contributed by atoms with E-state index in [0.717, 1.165) is 5.56 Å². The molecule has 2 heterocycles. The van der Waals surface area contributed by atoms with E-state index in [1.54, 1.807) is 18.2 Å². The lowest BCUT2D eigenvalue weighted by Crippen LogP contribution is -2.63. The van der Waals surface area contributed by atoms with Crippen molar-refractivity contribution < 1.29 is 23.9 Å². The van der Waals surface area contributed by atoms with E-state index < -0.39 is 23.3 Å². The standard InChI is InChI=1S/C15H14N2O5/c1-2-5-15(12(18)16-14(20)17-13(15)19)7-9-3-4-10-11(6-9)22-8-21-10/h2-4,6H,1,5,7-8H2,(H2,16,17,18,19,20). The minimum Gasteiger partial charge on any atom is -0.454 e. The van der Waals surface area contributed by atoms with Crippen LogP contribution in [0.25, 0.3) is 0 Å². The number of rotatable bonds is 4. The first kappa shape index (κ1) is 14.1. The van der Waals surface area contributed by atoms with Crippen molar-refractivity contribution in [2.75, 3.05) is 6.79 Å². The summed E-state index contributed by atoms with van der Waals surface area (Å²) in [6.07, 6.45) is 1.73. The van der Waals surface area contributed by atoms with Crippen molar-refractivity contribution >= 4 is 17.8 Å². The summed E-state index contributed by atoms with van der Waals surface area (Å²) in [5, 5.41) is 4.29. The van der Waals surface area contributed by atoms with Crippen LogP contribution in [-0.2, 0) is 16.0 Å². The smallest absolute Gasteiger partial charge is 0.328 e. The van der Waals surface area contributed by atoms with E-state index in [4.69, 9.17) is 9.47 Å². The Morgan fingerprint density at radius 2 is 1.82 bits per heavy atom. The number of benzene rings is 1. The van der Waals surface area contributed by atoms with E-state index >= 15 is 0 Å². The predicted octanol–water partition coefficient (Wildman–Crippen LogP) is 0.886. The number of hydrogen-bond donors (Lipinski definition) is 2. The summed E-state index contributed by atoms with van der Waals surface area (Å²) < 4.78 is 10.5. The number of nitrogens with one attached hydrogen (secondary N) is 2. The van der Waals surface area contributed by atoms with Gasteiger partial charge >= 0.3 is 6.03 Å². The highest BCUT2D eigenvalue weighted by Crippen LogP contribution is 2.36. The number of fused-ring (bicyclic) bond motifs is 1. The van der Waals surface area contributed by atoms with Gasteiger partial charge in [-0.05, 0) is 30.5 Å². The van der Waals surface area contributed by atoms with Gasteiger partial charge in [0.25, 0.3) is 0 Å². The molecule has 4 amide bonds. The molecule has 0 saturated carbocycles. The second kappa shape index (κ2) is 5.18. The largest absolute Gasteiger partial charge is 0.454 e. The highest BCUT2D eigenvalue weighted by atomic mass is 16.7. The average molecular weight is 302 g/mol. The molecular formula is C15H14N2O5. The highest BCUT2D eigenvalue weighted by molar-refractivity contribution is 6.19. The quantitative estimate of drug-likeness (QED) is 0.636. The van der Waals surface area contributed by atoms with Crippen molar-refractivity contribution in [3.05, 3.63) is 36.4 Å². The fourth-order valence-corrected chi connectivity index (χ4v) is 2.64. The van der Waals surface area contributed by atoms with Crippen molar-refractivity contribution in [2.45, 2.75) is 12.8 Å². The molecule has 1 fully saturated rings. The summed E-state index contributed by atoms with van der Waals surface area (Å²) in [7, 11) is 0. The SMILES string of the molecule is C=CCC1(Cc2ccc3c(c2)OCO3)C(=O)NC(=O)NC1=O. The molecule has 0 spiro atoms. The van der Waals surface area contributed by atoms with Crippen molar-refractivity contribution in [1.82, 2.24) is 10.6 Å². The molecule has 22 heavy (non-hydrogen) atoms. The van der Waals surface area contributed by atoms with Crippen LogP contribution in [0.4, 0.5) is 4.79 Å². The summed E-state index contributed by atoms with van der Waals surface area (Å²) in [6, 6.07) is 4.41. The third-order valence-electron chi connectivity index (χ3n) is 3.76. The molecule has 7 heteroatoms. The van der Waals surface area contributed by atoms with Gasteiger partial charge in [-0.25, -0.2) is 4.79 Å². The third-order valence-corrected chi connectivity index (χ3v) is 3.76. The molecule has 7 nitrogen and oxygen atoms in total. The number of allylic oxidation sites excluding steroid dienone is 1. The lowest BCUT2D eigenvalue weighted by atomic mass is 9.76. The van der Waals surface area contributed by atoms with Crippen LogP contribution < -0.4 is 20.1 Å². The number of carbonyl (C=O) groups excluding carboxylic acids is 3. The second-order valence-electron chi connectivity index (χ2n) is 5.18. The fourth-order valence-electron chi connectivity index (χ4n) is 2.64. The Bertz CT molecular complexity index is 663. The summed E-state index contributed by atoms with van der Waals surface area (Å²) in [6.45, 7) is 3.74. The second-order valence-corrected chi connectivity index (χ2v) is 5.18. The highest BCUT2D eigenvalue weighted by Gasteiger charge is 2.49. The van der Waals surface area contributed by atoms with E-state index in [9.17, 15) is 14.4 Å². The van der Waals surface area contributed by atoms with E-state index in [2.05, 4.69) is 17.2 Å². The Labute approximate surface area is 126 Å². The van der Waals surface area contributed by atoms with Crippen LogP contribution in [0.5, 0.6) is 11.5 Å². The summed E-state index contributed by atoms with van der Waals surface area (Å²) in [5.74, 6) is -0.0640. The maximum absolute atomic E-state index is 12.3. The molecule has 3 rings (SSSR count). The first-order valence-electron chi connectivity index (χ1n) is 6.71. The van der Waals surface area contributed by atoms with Crippen molar-refractivity contribution in [3.63, 3.8) is 0 Å². The van der Waals surface area contributed by atoms with Gasteiger partial charge in [0.1, 0.15) is 5.41 Å². The van der Waals surface area contributed by atoms with Crippen LogP contribution >= 0.6 is 0 Å². The van der Waals surface area contributed by atoms with Gasteiger partial charge in [0.15, 0.2) is 11.5 Å². The van der Waals surface area contributed by atoms with Gasteiger partial charge < -0.3 is 9.47 Å². The number of ether oxygens (including phenoxy) is 2. The maximum atomic E-state index is 12.3. The molecule has 0 aliphatic carbocycles. The molecule has 0 aromatic heterocycles. The molecule has 0 unspecified atom stereocenters. The summed E-state index contributed by atoms with van der Waals surface area (Å²) >= 11 is 0. The normalized spacial score (nSPS) is 18.6. The van der Waals surface area contributed by atoms with Gasteiger partial charge in [-0.1, -0.05) is 12.1 Å². The topological polar surface area (TPSA) is 93.7 Å². The lowest BCUT2D eigenvalue weighted by molar-refractivity contribution is -0.144. The first-order valence-corrected chi connectivity index (χ1v) is 6.71. The monoisotopic (exact) mass is 302 g/mol. The molecule has 2 aliphatic rings. The van der Waals surface area contributed by atoms with E-state index in [-0.39, 0.29) is 19.6 Å². The van der Waals surface area contributed by atoms with Crippen LogP contribution in [-0.4, -0.2) is 24.6 Å². The molecular weight excluding hydrogens is 288 g/mol. The Hall–Kier alpha value is -2.83. The van der Waals surface area contributed by atoms with E-state index in [1.165, 1.54) is 6.08 Å². The van der Waals surface area contributed by atoms with Crippen molar-refractivity contribution in [3.8, 4) is 11.5 Å². The molecule has 1 saturated heterocycles. The summed E-state index contributed by atoms with van der Waals surface area (Å²) in [5.41, 5.74) is -0.672. The molecule has 0 atom stereocenters. The van der Waals surface area contributed by atoms with E-state index in [0.29, 0.717) is 11.5 Å². The van der Waals surface area contributed by atoms with Gasteiger partial charge in [-0.2, -0.15) is 0 Å². The van der Waals surface area contributed by atoms with Gasteiger partial charge in [0, 0.05) is 0 Å². The predicted molar refractivity (Wildman–Crippen MR) is 75.2 cm³/mol. The Morgan fingerprint density at radius 1 is 1.14 bits per heavy atom. The van der Waals surface area contributed by atoms with Gasteiger partial charge in [0.2, 0.25) is 18.6 Å². The van der Waals surface area contributed by atoms with Gasteiger partial charge in [0.05, 0.1) is 0 Å². The average Bonchev–Trinajstić information content (AvgIpc) is 2.92. The molecule has 1 aromatic carbocycles. The van der Waals surface area contributed by atoms with Crippen LogP contribution in [0.15, 0.2) is 30.9 Å². The van der Waals surface area contributed by atoms with Gasteiger partial charge in [-0.3, -0.25) is 20.2 Å². The number of imide groups is 2. The molecule has 0 bridgehead atoms. The molecule has 1 aromatic rings. The van der Waals surface area contributed by atoms with Crippen LogP contribution in [0.1, 0.15) is 12.0 Å². The Morgan fingerprint density at radius 3 is 2.50 bits per heavy atom. The number of barbiturate groups is 1. The van der Waals surface area contributed by atoms with E-state index in [1.807, 2.05) is 0 Å². The zero-order chi connectivity index (χ0) is 15.7. The molecule has 0 radical (unpaired) electrons. The third kappa shape index (κ3) is 2.20. The molecule has 2 N–H and O–H groups in total. The minimum absolute atomic E-state index is 0.117. The number of amides is 4. The lowest BCUT2D eigenvalue weighted by Gasteiger charge is -2.33.